The van der Waals surface area contributed by atoms with Gasteiger partial charge in [-0.3, -0.25) is 19.3 Å². The third-order valence-corrected chi connectivity index (χ3v) is 6.90. The van der Waals surface area contributed by atoms with Crippen LogP contribution in [0, 0.1) is 0 Å². The number of carbonyl (C=O) groups is 3. The normalized spacial score (nSPS) is 11.7. The number of nitrogens with two attached hydrogens (primary N) is 2. The lowest BCUT2D eigenvalue weighted by Crippen LogP contribution is -2.45. The minimum absolute atomic E-state index is 0.0665. The van der Waals surface area contributed by atoms with Crippen LogP contribution in [0.1, 0.15) is 31.8 Å². The molecule has 1 atom stereocenters. The molecule has 3 amide bonds. The fourth-order valence-electron chi connectivity index (χ4n) is 4.18. The van der Waals surface area contributed by atoms with Crippen LogP contribution in [-0.4, -0.2) is 61.6 Å². The lowest BCUT2D eigenvalue weighted by atomic mass is 10.0. The van der Waals surface area contributed by atoms with Gasteiger partial charge in [0, 0.05) is 42.4 Å². The summed E-state index contributed by atoms with van der Waals surface area (Å²) < 4.78 is 20.1. The minimum atomic E-state index is -1.22. The van der Waals surface area contributed by atoms with Gasteiger partial charge in [0.1, 0.15) is 22.4 Å². The number of benzene rings is 2. The summed E-state index contributed by atoms with van der Waals surface area (Å²) in [5.74, 6) is -1.36. The topological polar surface area (TPSA) is 175 Å². The van der Waals surface area contributed by atoms with Crippen molar-refractivity contribution in [3.05, 3.63) is 64.8 Å². The summed E-state index contributed by atoms with van der Waals surface area (Å²) in [7, 11) is 4.44. The summed E-state index contributed by atoms with van der Waals surface area (Å²) >= 11 is 0.712. The molecule has 1 unspecified atom stereocenters. The third kappa shape index (κ3) is 5.35. The van der Waals surface area contributed by atoms with Crippen molar-refractivity contribution < 1.29 is 28.6 Å². The average Bonchev–Trinajstić information content (AvgIpc) is 3.54. The molecule has 4 aromatic rings. The van der Waals surface area contributed by atoms with Gasteiger partial charge >= 0.3 is 0 Å². The second-order valence-corrected chi connectivity index (χ2v) is 9.10. The maximum atomic E-state index is 14.3. The Kier molecular flexibility index (Phi) is 8.32. The second kappa shape index (κ2) is 11.8. The molecule has 0 aliphatic rings. The number of aromatic nitrogens is 2. The number of para-hydroxylation sites is 1. The number of ether oxygens (including phenoxy) is 3. The van der Waals surface area contributed by atoms with Gasteiger partial charge in [-0.15, -0.1) is 0 Å². The first-order chi connectivity index (χ1) is 18.8. The van der Waals surface area contributed by atoms with E-state index in [1.807, 2.05) is 24.3 Å². The van der Waals surface area contributed by atoms with Crippen molar-refractivity contribution in [2.24, 2.45) is 5.73 Å². The molecule has 2 aromatic heterocycles. The predicted molar refractivity (Wildman–Crippen MR) is 147 cm³/mol. The van der Waals surface area contributed by atoms with Crippen LogP contribution in [0.3, 0.4) is 0 Å². The fourth-order valence-corrected chi connectivity index (χ4v) is 4.92. The van der Waals surface area contributed by atoms with Crippen molar-refractivity contribution in [3.63, 3.8) is 0 Å². The molecule has 0 spiro atoms. The van der Waals surface area contributed by atoms with E-state index in [0.29, 0.717) is 22.8 Å². The van der Waals surface area contributed by atoms with E-state index >= 15 is 0 Å². The SMILES string of the molecule is COCCNC(=O)C(c1c[nH]c2ccccc12)N(C(=O)c1snc(C(N)=O)c1N)c1cc(OC)ccc1OC. The third-order valence-electron chi connectivity index (χ3n) is 6.05. The van der Waals surface area contributed by atoms with Crippen molar-refractivity contribution >= 4 is 51.5 Å². The molecular weight excluding hydrogens is 524 g/mol. The summed E-state index contributed by atoms with van der Waals surface area (Å²) in [6, 6.07) is 11.0. The number of aromatic amines is 1. The molecule has 39 heavy (non-hydrogen) atoms. The molecule has 0 radical (unpaired) electrons. The second-order valence-electron chi connectivity index (χ2n) is 8.33. The Morgan fingerprint density at radius 2 is 1.90 bits per heavy atom. The zero-order valence-electron chi connectivity index (χ0n) is 21.5. The van der Waals surface area contributed by atoms with Crippen LogP contribution >= 0.6 is 11.5 Å². The van der Waals surface area contributed by atoms with E-state index in [1.54, 1.807) is 24.4 Å². The van der Waals surface area contributed by atoms with E-state index in [-0.39, 0.29) is 40.8 Å². The number of nitrogens with zero attached hydrogens (tertiary/aromatic N) is 2. The molecule has 0 saturated carbocycles. The van der Waals surface area contributed by atoms with Gasteiger partial charge in [0.15, 0.2) is 5.69 Å². The molecule has 0 saturated heterocycles. The first-order valence-electron chi connectivity index (χ1n) is 11.8. The number of amides is 3. The molecule has 6 N–H and O–H groups in total. The summed E-state index contributed by atoms with van der Waals surface area (Å²) in [6.45, 7) is 0.451. The Morgan fingerprint density at radius 3 is 2.56 bits per heavy atom. The predicted octanol–water partition coefficient (Wildman–Crippen LogP) is 2.47. The maximum Gasteiger partial charge on any atom is 0.273 e. The summed E-state index contributed by atoms with van der Waals surface area (Å²) in [5, 5.41) is 3.56. The van der Waals surface area contributed by atoms with Gasteiger partial charge in [0.2, 0.25) is 5.91 Å². The molecule has 204 valence electrons. The summed E-state index contributed by atoms with van der Waals surface area (Å²) in [5.41, 5.74) is 12.6. The molecule has 0 aliphatic carbocycles. The number of nitrogens with one attached hydrogen (secondary N) is 2. The van der Waals surface area contributed by atoms with Gasteiger partial charge in [-0.25, -0.2) is 0 Å². The van der Waals surface area contributed by atoms with E-state index in [2.05, 4.69) is 14.7 Å². The quantitative estimate of drug-likeness (QED) is 0.205. The number of rotatable bonds is 11. The number of hydrogen-bond acceptors (Lipinski definition) is 9. The number of H-pyrrole nitrogens is 1. The first kappa shape index (κ1) is 27.4. The van der Waals surface area contributed by atoms with Gasteiger partial charge in [-0.1, -0.05) is 18.2 Å². The van der Waals surface area contributed by atoms with E-state index in [1.165, 1.54) is 26.2 Å². The number of fused-ring (bicyclic) bond motifs is 1. The van der Waals surface area contributed by atoms with Crippen molar-refractivity contribution in [1.82, 2.24) is 14.7 Å². The van der Waals surface area contributed by atoms with Crippen LogP contribution in [0.4, 0.5) is 11.4 Å². The Labute approximate surface area is 228 Å². The highest BCUT2D eigenvalue weighted by molar-refractivity contribution is 7.09. The highest BCUT2D eigenvalue weighted by Crippen LogP contribution is 2.41. The molecule has 12 nitrogen and oxygen atoms in total. The number of anilines is 2. The molecule has 0 bridgehead atoms. The molecule has 4 rings (SSSR count). The van der Waals surface area contributed by atoms with E-state index in [4.69, 9.17) is 25.7 Å². The van der Waals surface area contributed by atoms with Crippen LogP contribution in [0.15, 0.2) is 48.7 Å². The lowest BCUT2D eigenvalue weighted by molar-refractivity contribution is -0.122. The van der Waals surface area contributed by atoms with Crippen LogP contribution in [0.2, 0.25) is 0 Å². The smallest absolute Gasteiger partial charge is 0.273 e. The van der Waals surface area contributed by atoms with E-state index in [0.717, 1.165) is 10.9 Å². The number of primary amides is 1. The zero-order chi connectivity index (χ0) is 28.1. The van der Waals surface area contributed by atoms with Crippen molar-refractivity contribution in [3.8, 4) is 11.5 Å². The van der Waals surface area contributed by atoms with Crippen LogP contribution in [-0.2, 0) is 9.53 Å². The average molecular weight is 553 g/mol. The number of carbonyl (C=O) groups excluding carboxylic acids is 3. The molecule has 13 heteroatoms. The van der Waals surface area contributed by atoms with E-state index in [9.17, 15) is 14.4 Å². The zero-order valence-corrected chi connectivity index (χ0v) is 22.3. The van der Waals surface area contributed by atoms with Crippen LogP contribution in [0.25, 0.3) is 10.9 Å². The van der Waals surface area contributed by atoms with Gasteiger partial charge in [0.25, 0.3) is 11.8 Å². The van der Waals surface area contributed by atoms with Gasteiger partial charge < -0.3 is 36.0 Å². The molecule has 0 aliphatic heterocycles. The number of nitrogen functional groups attached to an aromatic ring is 1. The standard InChI is InChI=1S/C26H28N6O6S/c1-36-11-10-29-25(34)22(16-13-30-17-7-5-4-6-15(16)17)32(18-12-14(37-2)8-9-19(18)38-3)26(35)23-20(27)21(24(28)33)31-39-23/h4-9,12-13,22,30H,10-11,27H2,1-3H3,(H2,28,33)(H,29,34). The Bertz CT molecular complexity index is 1520. The highest BCUT2D eigenvalue weighted by atomic mass is 32.1. The lowest BCUT2D eigenvalue weighted by Gasteiger charge is -2.32. The summed E-state index contributed by atoms with van der Waals surface area (Å²) in [6.07, 6.45) is 1.67. The molecule has 2 heterocycles. The Hall–Kier alpha value is -4.62. The largest absolute Gasteiger partial charge is 0.497 e. The van der Waals surface area contributed by atoms with Gasteiger partial charge in [-0.2, -0.15) is 4.37 Å². The minimum Gasteiger partial charge on any atom is -0.497 e. The molecule has 0 fully saturated rings. The molecular formula is C26H28N6O6S. The number of hydrogen-bond donors (Lipinski definition) is 4. The molecule has 2 aromatic carbocycles. The van der Waals surface area contributed by atoms with E-state index < -0.39 is 23.8 Å². The Morgan fingerprint density at radius 1 is 1.13 bits per heavy atom. The van der Waals surface area contributed by atoms with Crippen molar-refractivity contribution in [2.75, 3.05) is 45.1 Å². The highest BCUT2D eigenvalue weighted by Gasteiger charge is 2.38. The van der Waals surface area contributed by atoms with Crippen molar-refractivity contribution in [1.29, 1.82) is 0 Å². The fraction of sp³-hybridized carbons (Fsp3) is 0.231. The van der Waals surface area contributed by atoms with Crippen molar-refractivity contribution in [2.45, 2.75) is 6.04 Å². The van der Waals surface area contributed by atoms with Crippen LogP contribution < -0.4 is 31.2 Å². The first-order valence-corrected chi connectivity index (χ1v) is 12.5. The summed E-state index contributed by atoms with van der Waals surface area (Å²) in [4.78, 5) is 44.4. The monoisotopic (exact) mass is 552 g/mol. The maximum absolute atomic E-state index is 14.3. The van der Waals surface area contributed by atoms with Gasteiger partial charge in [0.05, 0.1) is 32.2 Å². The number of methoxy groups -OCH3 is 3. The van der Waals surface area contributed by atoms with Crippen LogP contribution in [0.5, 0.6) is 11.5 Å². The Balaban J connectivity index is 1.99. The van der Waals surface area contributed by atoms with Gasteiger partial charge in [-0.05, 0) is 29.7 Å².